The van der Waals surface area contributed by atoms with E-state index in [9.17, 15) is 4.39 Å². The van der Waals surface area contributed by atoms with Crippen molar-refractivity contribution in [3.8, 4) is 17.7 Å². The van der Waals surface area contributed by atoms with Crippen LogP contribution in [-0.2, 0) is 0 Å². The second-order valence-electron chi connectivity index (χ2n) is 7.76. The summed E-state index contributed by atoms with van der Waals surface area (Å²) in [4.78, 5) is 2.52. The Labute approximate surface area is 164 Å². The van der Waals surface area contributed by atoms with Crippen molar-refractivity contribution in [3.63, 3.8) is 0 Å². The average Bonchev–Trinajstić information content (AvgIpc) is 3.15. The Kier molecular flexibility index (Phi) is 5.42. The first-order valence-electron chi connectivity index (χ1n) is 9.58. The van der Waals surface area contributed by atoms with Crippen LogP contribution in [0.15, 0.2) is 24.3 Å². The van der Waals surface area contributed by atoms with Gasteiger partial charge in [-0.3, -0.25) is 0 Å². The fourth-order valence-corrected chi connectivity index (χ4v) is 4.46. The second kappa shape index (κ2) is 7.95. The number of fused-ring (bicyclic) bond motifs is 3. The Morgan fingerprint density at radius 1 is 1.19 bits per heavy atom. The number of halogens is 1. The molecule has 2 aromatic rings. The maximum absolute atomic E-state index is 13.1. The van der Waals surface area contributed by atoms with Crippen molar-refractivity contribution < 1.29 is 9.13 Å². The first kappa shape index (κ1) is 18.4. The molecule has 1 aromatic carbocycles. The molecule has 0 saturated carbocycles. The summed E-state index contributed by atoms with van der Waals surface area (Å²) >= 11 is 1.22. The van der Waals surface area contributed by atoms with Crippen LogP contribution in [0.5, 0.6) is 5.88 Å². The van der Waals surface area contributed by atoms with Gasteiger partial charge in [-0.15, -0.1) is 4.37 Å². The Bertz CT molecular complexity index is 831. The van der Waals surface area contributed by atoms with Gasteiger partial charge >= 0.3 is 0 Å². The molecule has 3 aliphatic rings. The molecule has 5 rings (SSSR count). The van der Waals surface area contributed by atoms with Crippen molar-refractivity contribution in [1.82, 2.24) is 13.6 Å². The van der Waals surface area contributed by atoms with Crippen LogP contribution in [-0.4, -0.2) is 39.4 Å². The summed E-state index contributed by atoms with van der Waals surface area (Å²) in [6, 6.07) is 6.21. The maximum Gasteiger partial charge on any atom is 0.250 e. The first-order chi connectivity index (χ1) is 13.1. The van der Waals surface area contributed by atoms with Gasteiger partial charge in [0.2, 0.25) is 0 Å². The zero-order chi connectivity index (χ0) is 18.8. The molecule has 3 saturated heterocycles. The number of hydrogen-bond acceptors (Lipinski definition) is 5. The van der Waals surface area contributed by atoms with E-state index in [1.54, 1.807) is 12.1 Å². The second-order valence-corrected chi connectivity index (χ2v) is 8.29. The van der Waals surface area contributed by atoms with E-state index in [0.29, 0.717) is 17.7 Å². The summed E-state index contributed by atoms with van der Waals surface area (Å²) in [7, 11) is 0. The van der Waals surface area contributed by atoms with Crippen molar-refractivity contribution in [2.75, 3.05) is 19.6 Å². The van der Waals surface area contributed by atoms with Gasteiger partial charge in [0.1, 0.15) is 11.5 Å². The van der Waals surface area contributed by atoms with Gasteiger partial charge in [-0.05, 0) is 56.1 Å². The molecule has 3 fully saturated rings. The average molecular weight is 386 g/mol. The summed E-state index contributed by atoms with van der Waals surface area (Å²) < 4.78 is 28.3. The van der Waals surface area contributed by atoms with E-state index in [0.717, 1.165) is 17.8 Å². The summed E-state index contributed by atoms with van der Waals surface area (Å²) in [5.74, 6) is 7.98. The minimum absolute atomic E-state index is 0.207. The molecular formula is C21H24FN3OS. The van der Waals surface area contributed by atoms with Crippen LogP contribution >= 0.6 is 11.7 Å². The summed E-state index contributed by atoms with van der Waals surface area (Å²) in [5, 5.41) is 0. The molecule has 0 radical (unpaired) electrons. The van der Waals surface area contributed by atoms with E-state index in [-0.39, 0.29) is 17.8 Å². The lowest BCUT2D eigenvalue weighted by atomic mass is 9.77. The molecule has 4 nitrogen and oxygen atoms in total. The molecule has 1 aromatic heterocycles. The molecule has 142 valence electrons. The Morgan fingerprint density at radius 2 is 1.93 bits per heavy atom. The molecule has 4 heterocycles. The van der Waals surface area contributed by atoms with Crippen LogP contribution < -0.4 is 4.74 Å². The monoisotopic (exact) mass is 385 g/mol. The molecule has 0 amide bonds. The van der Waals surface area contributed by atoms with Crippen molar-refractivity contribution in [1.29, 1.82) is 0 Å². The predicted molar refractivity (Wildman–Crippen MR) is 104 cm³/mol. The Morgan fingerprint density at radius 3 is 2.56 bits per heavy atom. The number of aromatic nitrogens is 2. The van der Waals surface area contributed by atoms with Crippen LogP contribution in [0.3, 0.4) is 0 Å². The van der Waals surface area contributed by atoms with Gasteiger partial charge in [0, 0.05) is 23.9 Å². The third kappa shape index (κ3) is 4.15. The van der Waals surface area contributed by atoms with Crippen molar-refractivity contribution in [2.24, 2.45) is 11.8 Å². The molecule has 0 aliphatic carbocycles. The van der Waals surface area contributed by atoms with E-state index >= 15 is 0 Å². The molecular weight excluding hydrogens is 361 g/mol. The highest BCUT2D eigenvalue weighted by atomic mass is 32.1. The zero-order valence-corrected chi connectivity index (χ0v) is 16.5. The molecule has 3 aliphatic heterocycles. The number of ether oxygens (including phenoxy) is 1. The van der Waals surface area contributed by atoms with E-state index in [4.69, 9.17) is 4.74 Å². The van der Waals surface area contributed by atoms with Crippen LogP contribution in [0.4, 0.5) is 4.39 Å². The van der Waals surface area contributed by atoms with E-state index in [1.807, 2.05) is 0 Å². The lowest BCUT2D eigenvalue weighted by molar-refractivity contribution is 0.0829. The van der Waals surface area contributed by atoms with Gasteiger partial charge in [0.25, 0.3) is 5.88 Å². The molecule has 0 spiro atoms. The highest BCUT2D eigenvalue weighted by Crippen LogP contribution is 2.41. The van der Waals surface area contributed by atoms with Crippen molar-refractivity contribution in [3.05, 3.63) is 41.3 Å². The van der Waals surface area contributed by atoms with Crippen LogP contribution in [0, 0.1) is 29.5 Å². The predicted octanol–water partition coefficient (Wildman–Crippen LogP) is 3.94. The lowest BCUT2D eigenvalue weighted by Crippen LogP contribution is -2.46. The fraction of sp³-hybridized carbons (Fsp3) is 0.524. The number of piperidine rings is 3. The maximum atomic E-state index is 13.1. The van der Waals surface area contributed by atoms with Crippen molar-refractivity contribution >= 4 is 11.7 Å². The third-order valence-electron chi connectivity index (χ3n) is 5.54. The minimum atomic E-state index is -0.279. The fourth-order valence-electron chi connectivity index (χ4n) is 3.91. The summed E-state index contributed by atoms with van der Waals surface area (Å²) in [6.45, 7) is 7.62. The van der Waals surface area contributed by atoms with Gasteiger partial charge in [-0.2, -0.15) is 4.37 Å². The van der Waals surface area contributed by atoms with Gasteiger partial charge < -0.3 is 9.64 Å². The lowest BCUT2D eigenvalue weighted by Gasteiger charge is -2.44. The number of rotatable bonds is 4. The van der Waals surface area contributed by atoms with E-state index in [1.165, 1.54) is 49.8 Å². The zero-order valence-electron chi connectivity index (χ0n) is 15.7. The van der Waals surface area contributed by atoms with Gasteiger partial charge in [-0.25, -0.2) is 4.39 Å². The van der Waals surface area contributed by atoms with E-state index in [2.05, 4.69) is 39.3 Å². The molecule has 6 heteroatoms. The first-order valence-corrected chi connectivity index (χ1v) is 10.3. The van der Waals surface area contributed by atoms with Crippen LogP contribution in [0.2, 0.25) is 0 Å². The molecule has 2 atom stereocenters. The van der Waals surface area contributed by atoms with Gasteiger partial charge in [0.15, 0.2) is 6.10 Å². The minimum Gasteiger partial charge on any atom is -0.459 e. The van der Waals surface area contributed by atoms with Crippen LogP contribution in [0.25, 0.3) is 0 Å². The molecule has 27 heavy (non-hydrogen) atoms. The topological polar surface area (TPSA) is 38.3 Å². The SMILES string of the molecule is CC(C)C(C#Cc1ccc(F)cc1)Oc1nsnc1C1CN2CCC1CC2. The van der Waals surface area contributed by atoms with Crippen LogP contribution in [0.1, 0.15) is 43.9 Å². The van der Waals surface area contributed by atoms with Gasteiger partial charge in [-0.1, -0.05) is 25.7 Å². The number of hydrogen-bond donors (Lipinski definition) is 0. The van der Waals surface area contributed by atoms with Crippen molar-refractivity contribution in [2.45, 2.75) is 38.7 Å². The molecule has 2 unspecified atom stereocenters. The quantitative estimate of drug-likeness (QED) is 0.747. The summed E-state index contributed by atoms with van der Waals surface area (Å²) in [5.41, 5.74) is 1.78. The largest absolute Gasteiger partial charge is 0.459 e. The highest BCUT2D eigenvalue weighted by Gasteiger charge is 2.38. The number of benzene rings is 1. The standard InChI is InChI=1S/C21H24FN3OS/c1-14(2)19(8-5-15-3-6-17(22)7-4-15)26-21-20(23-27-24-21)18-13-25-11-9-16(18)10-12-25/h3-4,6-7,14,16,18-19H,9-13H2,1-2H3. The molecule has 2 bridgehead atoms. The molecule has 0 N–H and O–H groups in total. The third-order valence-corrected chi connectivity index (χ3v) is 6.06. The smallest absolute Gasteiger partial charge is 0.250 e. The summed E-state index contributed by atoms with van der Waals surface area (Å²) in [6.07, 6.45) is 2.19. The van der Waals surface area contributed by atoms with E-state index < -0.39 is 0 Å². The normalized spacial score (nSPS) is 25.1. The number of nitrogens with zero attached hydrogens (tertiary/aromatic N) is 3. The Balaban J connectivity index is 1.52. The van der Waals surface area contributed by atoms with Gasteiger partial charge in [0.05, 0.1) is 11.7 Å². The highest BCUT2D eigenvalue weighted by molar-refractivity contribution is 6.99. The Hall–Kier alpha value is -1.97.